The van der Waals surface area contributed by atoms with Gasteiger partial charge in [0.15, 0.2) is 4.80 Å². The molecule has 0 aliphatic heterocycles. The second-order valence-electron chi connectivity index (χ2n) is 5.69. The number of aromatic nitrogens is 1. The van der Waals surface area contributed by atoms with Crippen molar-refractivity contribution in [2.45, 2.75) is 18.9 Å². The van der Waals surface area contributed by atoms with Crippen LogP contribution in [0, 0.1) is 5.82 Å². The van der Waals surface area contributed by atoms with Crippen LogP contribution in [0.2, 0.25) is 10.0 Å². The van der Waals surface area contributed by atoms with Crippen LogP contribution in [0.4, 0.5) is 10.1 Å². The molecule has 0 bridgehead atoms. The predicted molar refractivity (Wildman–Crippen MR) is 97.7 cm³/mol. The van der Waals surface area contributed by atoms with Gasteiger partial charge in [-0.15, -0.1) is 11.3 Å². The quantitative estimate of drug-likeness (QED) is 0.513. The van der Waals surface area contributed by atoms with E-state index in [0.29, 0.717) is 21.7 Å². The van der Waals surface area contributed by atoms with Crippen LogP contribution in [-0.4, -0.2) is 4.57 Å². The Morgan fingerprint density at radius 2 is 1.88 bits per heavy atom. The van der Waals surface area contributed by atoms with E-state index in [4.69, 9.17) is 28.2 Å². The molecule has 0 radical (unpaired) electrons. The largest absolute Gasteiger partial charge is 0.313 e. The Balaban J connectivity index is 1.87. The van der Waals surface area contributed by atoms with Crippen molar-refractivity contribution in [2.75, 3.05) is 0 Å². The number of hydrogen-bond acceptors (Lipinski definition) is 2. The minimum atomic E-state index is -0.217. The highest BCUT2D eigenvalue weighted by molar-refractivity contribution is 7.07. The summed E-state index contributed by atoms with van der Waals surface area (Å²) in [4.78, 5) is 5.54. The minimum absolute atomic E-state index is 0.217. The van der Waals surface area contributed by atoms with Gasteiger partial charge >= 0.3 is 0 Å². The Bertz CT molecular complexity index is 973. The average molecular weight is 379 g/mol. The van der Waals surface area contributed by atoms with E-state index < -0.39 is 0 Å². The molecule has 0 unspecified atom stereocenters. The van der Waals surface area contributed by atoms with Crippen LogP contribution in [0.3, 0.4) is 0 Å². The molecule has 122 valence electrons. The fourth-order valence-electron chi connectivity index (χ4n) is 2.62. The van der Waals surface area contributed by atoms with E-state index >= 15 is 0 Å². The number of nitrogens with zero attached hydrogens (tertiary/aromatic N) is 2. The van der Waals surface area contributed by atoms with E-state index in [1.807, 2.05) is 17.5 Å². The van der Waals surface area contributed by atoms with Crippen molar-refractivity contribution in [3.8, 4) is 11.3 Å². The van der Waals surface area contributed by atoms with Crippen molar-refractivity contribution in [1.29, 1.82) is 0 Å². The van der Waals surface area contributed by atoms with Crippen LogP contribution < -0.4 is 4.80 Å². The Morgan fingerprint density at radius 1 is 1.08 bits per heavy atom. The van der Waals surface area contributed by atoms with E-state index in [2.05, 4.69) is 4.57 Å². The maximum atomic E-state index is 14.2. The van der Waals surface area contributed by atoms with Crippen molar-refractivity contribution in [3.63, 3.8) is 0 Å². The molecule has 1 heterocycles. The van der Waals surface area contributed by atoms with Gasteiger partial charge in [0.1, 0.15) is 5.82 Å². The van der Waals surface area contributed by atoms with Crippen molar-refractivity contribution in [2.24, 2.45) is 4.99 Å². The second kappa shape index (κ2) is 6.36. The third-order valence-electron chi connectivity index (χ3n) is 3.93. The molecule has 0 saturated heterocycles. The summed E-state index contributed by atoms with van der Waals surface area (Å²) in [7, 11) is 0. The van der Waals surface area contributed by atoms with Crippen molar-refractivity contribution < 1.29 is 4.39 Å². The van der Waals surface area contributed by atoms with Gasteiger partial charge in [0, 0.05) is 17.0 Å². The third kappa shape index (κ3) is 3.02. The average Bonchev–Trinajstić information content (AvgIpc) is 3.33. The Kier molecular flexibility index (Phi) is 4.21. The first kappa shape index (κ1) is 15.9. The zero-order valence-electron chi connectivity index (χ0n) is 12.5. The standard InChI is InChI=1S/C18H13Cl2FN2S/c19-14-8-5-11(9-15(14)20)22-18-23(12-6-7-12)17(10-24-18)13-3-1-2-4-16(13)21/h1-5,8-10,12H,6-7H2. The van der Waals surface area contributed by atoms with Crippen LogP contribution in [-0.2, 0) is 0 Å². The maximum absolute atomic E-state index is 14.2. The van der Waals surface area contributed by atoms with Gasteiger partial charge in [-0.2, -0.15) is 0 Å². The first-order valence-electron chi connectivity index (χ1n) is 7.58. The number of halogens is 3. The first-order valence-corrected chi connectivity index (χ1v) is 9.22. The third-order valence-corrected chi connectivity index (χ3v) is 5.51. The Labute approximate surface area is 152 Å². The highest BCUT2D eigenvalue weighted by Gasteiger charge is 2.28. The van der Waals surface area contributed by atoms with E-state index in [1.165, 1.54) is 17.4 Å². The lowest BCUT2D eigenvalue weighted by atomic mass is 10.1. The lowest BCUT2D eigenvalue weighted by Crippen LogP contribution is -2.14. The molecule has 4 rings (SSSR count). The number of benzene rings is 2. The summed E-state index contributed by atoms with van der Waals surface area (Å²) >= 11 is 13.5. The monoisotopic (exact) mass is 378 g/mol. The molecule has 1 aliphatic carbocycles. The van der Waals surface area contributed by atoms with Gasteiger partial charge in [-0.3, -0.25) is 0 Å². The van der Waals surface area contributed by atoms with Gasteiger partial charge < -0.3 is 4.57 Å². The summed E-state index contributed by atoms with van der Waals surface area (Å²) in [5.41, 5.74) is 2.22. The van der Waals surface area contributed by atoms with Gasteiger partial charge in [0.25, 0.3) is 0 Å². The molecule has 1 fully saturated rings. The zero-order chi connectivity index (χ0) is 16.7. The molecule has 0 amide bonds. The lowest BCUT2D eigenvalue weighted by molar-refractivity contribution is 0.626. The molecular formula is C18H13Cl2FN2S. The van der Waals surface area contributed by atoms with Crippen LogP contribution in [0.5, 0.6) is 0 Å². The van der Waals surface area contributed by atoms with Crippen molar-refractivity contribution >= 4 is 40.2 Å². The summed E-state index contributed by atoms with van der Waals surface area (Å²) in [5, 5.41) is 2.94. The lowest BCUT2D eigenvalue weighted by Gasteiger charge is -2.08. The topological polar surface area (TPSA) is 17.3 Å². The molecule has 0 spiro atoms. The Hall–Kier alpha value is -1.62. The van der Waals surface area contributed by atoms with E-state index in [1.54, 1.807) is 24.3 Å². The molecule has 0 N–H and O–H groups in total. The fraction of sp³-hybridized carbons (Fsp3) is 0.167. The molecule has 1 aliphatic rings. The van der Waals surface area contributed by atoms with Crippen molar-refractivity contribution in [1.82, 2.24) is 4.57 Å². The van der Waals surface area contributed by atoms with E-state index in [9.17, 15) is 4.39 Å². The molecule has 3 aromatic rings. The van der Waals surface area contributed by atoms with Gasteiger partial charge in [-0.05, 0) is 43.2 Å². The molecule has 0 atom stereocenters. The zero-order valence-corrected chi connectivity index (χ0v) is 14.9. The van der Waals surface area contributed by atoms with Gasteiger partial charge in [0.05, 0.1) is 21.4 Å². The van der Waals surface area contributed by atoms with Crippen LogP contribution in [0.1, 0.15) is 18.9 Å². The van der Waals surface area contributed by atoms with E-state index in [0.717, 1.165) is 29.0 Å². The van der Waals surface area contributed by atoms with Gasteiger partial charge in [-0.1, -0.05) is 35.3 Å². The highest BCUT2D eigenvalue weighted by atomic mass is 35.5. The molecule has 24 heavy (non-hydrogen) atoms. The number of hydrogen-bond donors (Lipinski definition) is 0. The first-order chi connectivity index (χ1) is 11.6. The number of rotatable bonds is 3. The molecule has 2 aromatic carbocycles. The molecule has 2 nitrogen and oxygen atoms in total. The fourth-order valence-corrected chi connectivity index (χ4v) is 3.89. The van der Waals surface area contributed by atoms with Gasteiger partial charge in [-0.25, -0.2) is 9.38 Å². The highest BCUT2D eigenvalue weighted by Crippen LogP contribution is 2.38. The summed E-state index contributed by atoms with van der Waals surface area (Å²) in [6.07, 6.45) is 2.18. The molecule has 1 aromatic heterocycles. The SMILES string of the molecule is Fc1ccccc1-c1csc(=Nc2ccc(Cl)c(Cl)c2)n1C1CC1. The summed E-state index contributed by atoms with van der Waals surface area (Å²) < 4.78 is 16.3. The Morgan fingerprint density at radius 3 is 2.58 bits per heavy atom. The molecule has 1 saturated carbocycles. The maximum Gasteiger partial charge on any atom is 0.190 e. The minimum Gasteiger partial charge on any atom is -0.313 e. The summed E-state index contributed by atoms with van der Waals surface area (Å²) in [5.74, 6) is -0.217. The number of thiazole rings is 1. The second-order valence-corrected chi connectivity index (χ2v) is 7.35. The smallest absolute Gasteiger partial charge is 0.190 e. The van der Waals surface area contributed by atoms with Gasteiger partial charge in [0.2, 0.25) is 0 Å². The van der Waals surface area contributed by atoms with Crippen molar-refractivity contribution in [3.05, 3.63) is 68.5 Å². The normalized spacial score (nSPS) is 15.0. The van der Waals surface area contributed by atoms with Crippen LogP contribution in [0.25, 0.3) is 11.3 Å². The van der Waals surface area contributed by atoms with E-state index in [-0.39, 0.29) is 5.82 Å². The molecule has 6 heteroatoms. The van der Waals surface area contributed by atoms with Crippen LogP contribution in [0.15, 0.2) is 52.8 Å². The molecular weight excluding hydrogens is 366 g/mol. The summed E-state index contributed by atoms with van der Waals surface area (Å²) in [6.45, 7) is 0. The van der Waals surface area contributed by atoms with Crippen LogP contribution >= 0.6 is 34.5 Å². The predicted octanol–water partition coefficient (Wildman–Crippen LogP) is 6.23. The summed E-state index contributed by atoms with van der Waals surface area (Å²) in [6, 6.07) is 12.5.